The second kappa shape index (κ2) is 7.05. The number of piperidine rings is 1. The summed E-state index contributed by atoms with van der Waals surface area (Å²) in [5.74, 6) is 1.09. The van der Waals surface area contributed by atoms with Crippen molar-refractivity contribution >= 4 is 16.9 Å². The number of carbonyl (C=O) groups is 1. The van der Waals surface area contributed by atoms with Gasteiger partial charge in [-0.15, -0.1) is 0 Å². The highest BCUT2D eigenvalue weighted by molar-refractivity contribution is 5.91. The van der Waals surface area contributed by atoms with Crippen LogP contribution in [-0.4, -0.2) is 63.1 Å². The van der Waals surface area contributed by atoms with Gasteiger partial charge in [-0.1, -0.05) is 17.3 Å². The van der Waals surface area contributed by atoms with Crippen LogP contribution in [0.25, 0.3) is 11.0 Å². The third kappa shape index (κ3) is 3.09. The molecule has 4 heterocycles. The smallest absolute Gasteiger partial charge is 0.289 e. The van der Waals surface area contributed by atoms with E-state index in [0.29, 0.717) is 11.7 Å². The fourth-order valence-corrected chi connectivity index (χ4v) is 4.46. The molecule has 0 saturated carbocycles. The number of para-hydroxylation sites is 1. The summed E-state index contributed by atoms with van der Waals surface area (Å²) in [4.78, 5) is 21.4. The van der Waals surface area contributed by atoms with E-state index >= 15 is 0 Å². The number of amides is 1. The number of hydrogen-bond acceptors (Lipinski definition) is 5. The SMILES string of the molecule is Cc1cn2c(n1)C(=O)N(CCN1CCC(c3noc4ccccc34)CC1)CC2. The summed E-state index contributed by atoms with van der Waals surface area (Å²) in [5.41, 5.74) is 2.88. The molecule has 1 fully saturated rings. The molecule has 0 unspecified atom stereocenters. The van der Waals surface area contributed by atoms with Crippen molar-refractivity contribution in [2.75, 3.05) is 32.7 Å². The number of hydrogen-bond donors (Lipinski definition) is 0. The van der Waals surface area contributed by atoms with Gasteiger partial charge >= 0.3 is 0 Å². The quantitative estimate of drug-likeness (QED) is 0.697. The molecule has 3 aromatic rings. The second-order valence-corrected chi connectivity index (χ2v) is 7.87. The number of fused-ring (bicyclic) bond motifs is 2. The van der Waals surface area contributed by atoms with E-state index < -0.39 is 0 Å². The van der Waals surface area contributed by atoms with Crippen molar-refractivity contribution in [2.24, 2.45) is 0 Å². The molecule has 5 rings (SSSR count). The van der Waals surface area contributed by atoms with Crippen LogP contribution >= 0.6 is 0 Å². The van der Waals surface area contributed by atoms with Crippen LogP contribution in [0.4, 0.5) is 0 Å². The van der Waals surface area contributed by atoms with Gasteiger partial charge in [-0.2, -0.15) is 0 Å². The first-order valence-electron chi connectivity index (χ1n) is 10.1. The van der Waals surface area contributed by atoms with E-state index in [9.17, 15) is 4.79 Å². The van der Waals surface area contributed by atoms with E-state index in [0.717, 1.165) is 74.5 Å². The fraction of sp³-hybridized carbons (Fsp3) is 0.476. The van der Waals surface area contributed by atoms with Gasteiger partial charge in [0.05, 0.1) is 11.4 Å². The Morgan fingerprint density at radius 2 is 1.93 bits per heavy atom. The molecular formula is C21H25N5O2. The molecule has 1 aromatic carbocycles. The molecule has 0 aliphatic carbocycles. The van der Waals surface area contributed by atoms with Crippen molar-refractivity contribution in [3.05, 3.63) is 47.7 Å². The van der Waals surface area contributed by atoms with Gasteiger partial charge in [0.1, 0.15) is 0 Å². The molecule has 0 N–H and O–H groups in total. The van der Waals surface area contributed by atoms with Crippen LogP contribution in [0.3, 0.4) is 0 Å². The minimum atomic E-state index is 0.0586. The van der Waals surface area contributed by atoms with Crippen LogP contribution in [0.2, 0.25) is 0 Å². The van der Waals surface area contributed by atoms with Crippen LogP contribution in [-0.2, 0) is 6.54 Å². The summed E-state index contributed by atoms with van der Waals surface area (Å²) in [6, 6.07) is 8.10. The summed E-state index contributed by atoms with van der Waals surface area (Å²) >= 11 is 0. The summed E-state index contributed by atoms with van der Waals surface area (Å²) in [6.07, 6.45) is 4.12. The molecule has 0 spiro atoms. The minimum Gasteiger partial charge on any atom is -0.356 e. The van der Waals surface area contributed by atoms with E-state index in [2.05, 4.69) is 21.1 Å². The molecule has 0 radical (unpaired) electrons. The Hall–Kier alpha value is -2.67. The summed E-state index contributed by atoms with van der Waals surface area (Å²) in [7, 11) is 0. The van der Waals surface area contributed by atoms with Crippen molar-refractivity contribution < 1.29 is 9.32 Å². The Morgan fingerprint density at radius 3 is 2.79 bits per heavy atom. The van der Waals surface area contributed by atoms with Gasteiger partial charge in [-0.25, -0.2) is 4.98 Å². The van der Waals surface area contributed by atoms with Gasteiger partial charge in [0.2, 0.25) is 0 Å². The molecule has 7 heteroatoms. The maximum atomic E-state index is 12.6. The minimum absolute atomic E-state index is 0.0586. The first-order valence-corrected chi connectivity index (χ1v) is 10.1. The van der Waals surface area contributed by atoms with Crippen LogP contribution < -0.4 is 0 Å². The predicted molar refractivity (Wildman–Crippen MR) is 105 cm³/mol. The number of carbonyl (C=O) groups excluding carboxylic acids is 1. The molecule has 1 amide bonds. The summed E-state index contributed by atoms with van der Waals surface area (Å²) in [5, 5.41) is 5.49. The van der Waals surface area contributed by atoms with Crippen LogP contribution in [0.5, 0.6) is 0 Å². The second-order valence-electron chi connectivity index (χ2n) is 7.87. The van der Waals surface area contributed by atoms with Crippen molar-refractivity contribution in [1.82, 2.24) is 24.5 Å². The Kier molecular flexibility index (Phi) is 4.39. The first kappa shape index (κ1) is 17.4. The third-order valence-electron chi connectivity index (χ3n) is 6.05. The number of nitrogens with zero attached hydrogens (tertiary/aromatic N) is 5. The molecule has 2 aliphatic rings. The lowest BCUT2D eigenvalue weighted by Crippen LogP contribution is -2.45. The third-order valence-corrected chi connectivity index (χ3v) is 6.05. The Morgan fingerprint density at radius 1 is 1.11 bits per heavy atom. The van der Waals surface area contributed by atoms with Crippen LogP contribution in [0, 0.1) is 6.92 Å². The van der Waals surface area contributed by atoms with Crippen molar-refractivity contribution in [3.63, 3.8) is 0 Å². The van der Waals surface area contributed by atoms with Crippen molar-refractivity contribution in [1.29, 1.82) is 0 Å². The van der Waals surface area contributed by atoms with Gasteiger partial charge in [0, 0.05) is 43.7 Å². The highest BCUT2D eigenvalue weighted by atomic mass is 16.5. The largest absolute Gasteiger partial charge is 0.356 e. The number of rotatable bonds is 4. The molecule has 146 valence electrons. The first-order chi connectivity index (χ1) is 13.7. The van der Waals surface area contributed by atoms with E-state index in [1.54, 1.807) is 0 Å². The zero-order valence-electron chi connectivity index (χ0n) is 16.2. The number of likely N-dealkylation sites (tertiary alicyclic amines) is 1. The molecule has 2 aromatic heterocycles. The normalized spacial score (nSPS) is 18.8. The highest BCUT2D eigenvalue weighted by Crippen LogP contribution is 2.32. The van der Waals surface area contributed by atoms with Gasteiger partial charge in [0.15, 0.2) is 11.4 Å². The van der Waals surface area contributed by atoms with Gasteiger partial charge in [-0.3, -0.25) is 4.79 Å². The van der Waals surface area contributed by atoms with E-state index in [1.165, 1.54) is 0 Å². The monoisotopic (exact) mass is 379 g/mol. The lowest BCUT2D eigenvalue weighted by molar-refractivity contribution is 0.0666. The Labute approximate surface area is 163 Å². The molecular weight excluding hydrogens is 354 g/mol. The standard InChI is InChI=1S/C21H25N5O2/c1-15-14-26-13-12-25(21(27)20(26)22-15)11-10-24-8-6-16(7-9-24)19-17-4-2-3-5-18(17)28-23-19/h2-5,14,16H,6-13H2,1H3. The van der Waals surface area contributed by atoms with E-state index in [1.807, 2.05) is 40.8 Å². The van der Waals surface area contributed by atoms with Gasteiger partial charge in [-0.05, 0) is 45.0 Å². The Balaban J connectivity index is 1.17. The zero-order valence-corrected chi connectivity index (χ0v) is 16.2. The number of aromatic nitrogens is 3. The molecule has 28 heavy (non-hydrogen) atoms. The zero-order chi connectivity index (χ0) is 19.1. The predicted octanol–water partition coefficient (Wildman–Crippen LogP) is 2.67. The van der Waals surface area contributed by atoms with Crippen LogP contribution in [0.15, 0.2) is 35.0 Å². The molecule has 0 bridgehead atoms. The molecule has 2 aliphatic heterocycles. The lowest BCUT2D eigenvalue weighted by atomic mass is 9.91. The van der Waals surface area contributed by atoms with E-state index in [-0.39, 0.29) is 5.91 Å². The summed E-state index contributed by atoms with van der Waals surface area (Å²) < 4.78 is 7.46. The van der Waals surface area contributed by atoms with Crippen molar-refractivity contribution in [3.8, 4) is 0 Å². The van der Waals surface area contributed by atoms with Crippen LogP contribution in [0.1, 0.15) is 40.8 Å². The average molecular weight is 379 g/mol. The fourth-order valence-electron chi connectivity index (χ4n) is 4.46. The maximum Gasteiger partial charge on any atom is 0.289 e. The molecule has 1 saturated heterocycles. The highest BCUT2D eigenvalue weighted by Gasteiger charge is 2.28. The molecule has 7 nitrogen and oxygen atoms in total. The van der Waals surface area contributed by atoms with Crippen molar-refractivity contribution in [2.45, 2.75) is 32.2 Å². The number of aryl methyl sites for hydroxylation is 1. The summed E-state index contributed by atoms with van der Waals surface area (Å²) in [6.45, 7) is 7.28. The lowest BCUT2D eigenvalue weighted by Gasteiger charge is -2.34. The number of benzene rings is 1. The molecule has 0 atom stereocenters. The number of imidazole rings is 1. The van der Waals surface area contributed by atoms with E-state index in [4.69, 9.17) is 4.52 Å². The average Bonchev–Trinajstić information content (AvgIpc) is 3.31. The topological polar surface area (TPSA) is 67.4 Å². The van der Waals surface area contributed by atoms with Gasteiger partial charge < -0.3 is 18.9 Å². The van der Waals surface area contributed by atoms with Gasteiger partial charge in [0.25, 0.3) is 5.91 Å². The maximum absolute atomic E-state index is 12.6. The Bertz CT molecular complexity index is 999.